The summed E-state index contributed by atoms with van der Waals surface area (Å²) in [5.41, 5.74) is 0. The van der Waals surface area contributed by atoms with Crippen molar-refractivity contribution in [2.45, 2.75) is 13.0 Å². The number of carbonyl (C=O) groups excluding carboxylic acids is 1. The number of hydrogen-bond donors (Lipinski definition) is 1. The van der Waals surface area contributed by atoms with Crippen molar-refractivity contribution in [3.05, 3.63) is 22.4 Å². The van der Waals surface area contributed by atoms with Gasteiger partial charge in [-0.15, -0.1) is 17.8 Å². The van der Waals surface area contributed by atoms with Gasteiger partial charge in [-0.25, -0.2) is 0 Å². The molecule has 0 aliphatic carbocycles. The molecule has 1 aromatic rings. The third-order valence-electron chi connectivity index (χ3n) is 1.45. The standard InChI is InChI=1S/C9H9NOS/c1-3-9(11)10-7(2)8-5-4-6-12-8/h1,4-7H,2H3,(H,10,11). The zero-order valence-corrected chi connectivity index (χ0v) is 7.52. The molecule has 1 heterocycles. The summed E-state index contributed by atoms with van der Waals surface area (Å²) >= 11 is 1.60. The lowest BCUT2D eigenvalue weighted by Crippen LogP contribution is -2.24. The summed E-state index contributed by atoms with van der Waals surface area (Å²) in [6.45, 7) is 1.90. The summed E-state index contributed by atoms with van der Waals surface area (Å²) in [5.74, 6) is 1.65. The molecule has 0 aliphatic heterocycles. The number of thiophene rings is 1. The van der Waals surface area contributed by atoms with Crippen molar-refractivity contribution in [3.8, 4) is 12.3 Å². The van der Waals surface area contributed by atoms with Crippen LogP contribution < -0.4 is 5.32 Å². The fourth-order valence-electron chi connectivity index (χ4n) is 0.847. The minimum Gasteiger partial charge on any atom is -0.338 e. The van der Waals surface area contributed by atoms with Gasteiger partial charge in [0.15, 0.2) is 0 Å². The van der Waals surface area contributed by atoms with Gasteiger partial charge in [0.25, 0.3) is 5.91 Å². The zero-order valence-electron chi connectivity index (χ0n) is 6.70. The van der Waals surface area contributed by atoms with Crippen molar-refractivity contribution in [3.63, 3.8) is 0 Å². The Hall–Kier alpha value is -1.27. The quantitative estimate of drug-likeness (QED) is 0.686. The Bertz CT molecular complexity index is 297. The molecule has 3 heteroatoms. The van der Waals surface area contributed by atoms with Crippen LogP contribution in [-0.4, -0.2) is 5.91 Å². The lowest BCUT2D eigenvalue weighted by molar-refractivity contribution is -0.116. The van der Waals surface area contributed by atoms with Gasteiger partial charge < -0.3 is 5.32 Å². The predicted molar refractivity (Wildman–Crippen MR) is 49.7 cm³/mol. The van der Waals surface area contributed by atoms with Crippen LogP contribution >= 0.6 is 11.3 Å². The topological polar surface area (TPSA) is 29.1 Å². The number of rotatable bonds is 2. The highest BCUT2D eigenvalue weighted by Gasteiger charge is 2.07. The summed E-state index contributed by atoms with van der Waals surface area (Å²) in [6, 6.07) is 3.92. The molecule has 12 heavy (non-hydrogen) atoms. The first-order valence-corrected chi connectivity index (χ1v) is 4.42. The molecule has 0 aromatic carbocycles. The monoisotopic (exact) mass is 179 g/mol. The Morgan fingerprint density at radius 2 is 2.58 bits per heavy atom. The van der Waals surface area contributed by atoms with Gasteiger partial charge in [0, 0.05) is 4.88 Å². The fraction of sp³-hybridized carbons (Fsp3) is 0.222. The molecule has 1 aromatic heterocycles. The van der Waals surface area contributed by atoms with E-state index in [0.29, 0.717) is 0 Å². The maximum Gasteiger partial charge on any atom is 0.296 e. The number of nitrogens with one attached hydrogen (secondary N) is 1. The first kappa shape index (κ1) is 8.82. The maximum absolute atomic E-state index is 10.8. The molecular weight excluding hydrogens is 170 g/mol. The Morgan fingerprint density at radius 3 is 3.08 bits per heavy atom. The molecule has 0 aliphatic rings. The molecule has 1 rings (SSSR count). The Labute approximate surface area is 75.6 Å². The summed E-state index contributed by atoms with van der Waals surface area (Å²) in [7, 11) is 0. The normalized spacial score (nSPS) is 11.7. The second-order valence-corrected chi connectivity index (χ2v) is 3.33. The van der Waals surface area contributed by atoms with E-state index in [1.165, 1.54) is 0 Å². The van der Waals surface area contributed by atoms with Gasteiger partial charge >= 0.3 is 0 Å². The Balaban J connectivity index is 2.57. The van der Waals surface area contributed by atoms with Crippen molar-refractivity contribution in [1.82, 2.24) is 5.32 Å². The van der Waals surface area contributed by atoms with Gasteiger partial charge in [-0.3, -0.25) is 4.79 Å². The Kier molecular flexibility index (Phi) is 2.89. The van der Waals surface area contributed by atoms with E-state index in [1.807, 2.05) is 30.4 Å². The van der Waals surface area contributed by atoms with Crippen LogP contribution in [0.2, 0.25) is 0 Å². The number of hydrogen-bond acceptors (Lipinski definition) is 2. The number of terminal acetylenes is 1. The Morgan fingerprint density at radius 1 is 1.83 bits per heavy atom. The van der Waals surface area contributed by atoms with Crippen molar-refractivity contribution in [2.75, 3.05) is 0 Å². The summed E-state index contributed by atoms with van der Waals surface area (Å²) in [4.78, 5) is 11.9. The SMILES string of the molecule is C#CC(=O)NC(C)c1cccs1. The minimum absolute atomic E-state index is 0.00792. The predicted octanol–water partition coefficient (Wildman–Crippen LogP) is 1.56. The molecule has 0 saturated carbocycles. The molecule has 0 spiro atoms. The van der Waals surface area contributed by atoms with Crippen molar-refractivity contribution in [2.24, 2.45) is 0 Å². The highest BCUT2D eigenvalue weighted by atomic mass is 32.1. The smallest absolute Gasteiger partial charge is 0.296 e. The summed E-state index contributed by atoms with van der Waals surface area (Å²) in [6.07, 6.45) is 4.92. The van der Waals surface area contributed by atoms with Crippen molar-refractivity contribution >= 4 is 17.2 Å². The van der Waals surface area contributed by atoms with Crippen molar-refractivity contribution < 1.29 is 4.79 Å². The highest BCUT2D eigenvalue weighted by Crippen LogP contribution is 2.17. The molecule has 0 saturated heterocycles. The molecule has 2 nitrogen and oxygen atoms in total. The van der Waals surface area contributed by atoms with E-state index in [9.17, 15) is 4.79 Å². The van der Waals surface area contributed by atoms with Gasteiger partial charge in [0.05, 0.1) is 6.04 Å². The largest absolute Gasteiger partial charge is 0.338 e. The molecule has 1 amide bonds. The van der Waals surface area contributed by atoms with E-state index in [-0.39, 0.29) is 11.9 Å². The van der Waals surface area contributed by atoms with E-state index in [2.05, 4.69) is 5.32 Å². The van der Waals surface area contributed by atoms with Gasteiger partial charge in [0.2, 0.25) is 0 Å². The second-order valence-electron chi connectivity index (χ2n) is 2.35. The van der Waals surface area contributed by atoms with Crippen LogP contribution in [0.5, 0.6) is 0 Å². The first-order valence-electron chi connectivity index (χ1n) is 3.54. The van der Waals surface area contributed by atoms with Crippen LogP contribution in [0, 0.1) is 12.3 Å². The summed E-state index contributed by atoms with van der Waals surface area (Å²) in [5, 5.41) is 4.63. The molecular formula is C9H9NOS. The van der Waals surface area contributed by atoms with E-state index in [4.69, 9.17) is 6.42 Å². The lowest BCUT2D eigenvalue weighted by atomic mass is 10.3. The average molecular weight is 179 g/mol. The molecule has 62 valence electrons. The molecule has 1 N–H and O–H groups in total. The lowest BCUT2D eigenvalue weighted by Gasteiger charge is -2.08. The van der Waals surface area contributed by atoms with Crippen LogP contribution in [-0.2, 0) is 4.79 Å². The van der Waals surface area contributed by atoms with Crippen molar-refractivity contribution in [1.29, 1.82) is 0 Å². The van der Waals surface area contributed by atoms with Crippen LogP contribution in [0.15, 0.2) is 17.5 Å². The molecule has 0 bridgehead atoms. The average Bonchev–Trinajstić information content (AvgIpc) is 2.56. The van der Waals surface area contributed by atoms with Crippen LogP contribution in [0.25, 0.3) is 0 Å². The van der Waals surface area contributed by atoms with E-state index < -0.39 is 0 Å². The second kappa shape index (κ2) is 3.93. The van der Waals surface area contributed by atoms with E-state index >= 15 is 0 Å². The number of amides is 1. The summed E-state index contributed by atoms with van der Waals surface area (Å²) < 4.78 is 0. The van der Waals surface area contributed by atoms with Gasteiger partial charge in [-0.05, 0) is 24.3 Å². The van der Waals surface area contributed by atoms with Gasteiger partial charge in [0.1, 0.15) is 0 Å². The zero-order chi connectivity index (χ0) is 8.97. The van der Waals surface area contributed by atoms with E-state index in [0.717, 1.165) is 4.88 Å². The molecule has 0 radical (unpaired) electrons. The maximum atomic E-state index is 10.8. The van der Waals surface area contributed by atoms with Crippen LogP contribution in [0.3, 0.4) is 0 Å². The highest BCUT2D eigenvalue weighted by molar-refractivity contribution is 7.10. The molecule has 1 atom stereocenters. The fourth-order valence-corrected chi connectivity index (χ4v) is 1.58. The third kappa shape index (κ3) is 2.11. The third-order valence-corrected chi connectivity index (χ3v) is 2.50. The van der Waals surface area contributed by atoms with Crippen LogP contribution in [0.4, 0.5) is 0 Å². The van der Waals surface area contributed by atoms with Crippen LogP contribution in [0.1, 0.15) is 17.8 Å². The first-order chi connectivity index (χ1) is 5.74. The van der Waals surface area contributed by atoms with E-state index in [1.54, 1.807) is 11.3 Å². The molecule has 0 fully saturated rings. The van der Waals surface area contributed by atoms with Gasteiger partial charge in [-0.2, -0.15) is 0 Å². The molecule has 1 unspecified atom stereocenters. The van der Waals surface area contributed by atoms with Gasteiger partial charge in [-0.1, -0.05) is 6.07 Å². The number of carbonyl (C=O) groups is 1. The minimum atomic E-state index is -0.365.